The molecule has 3 aliphatic rings. The zero-order valence-corrected chi connectivity index (χ0v) is 16.0. The van der Waals surface area contributed by atoms with Crippen molar-refractivity contribution in [3.05, 3.63) is 18.0 Å². The molecule has 0 bridgehead atoms. The summed E-state index contributed by atoms with van der Waals surface area (Å²) in [5, 5.41) is 22.0. The van der Waals surface area contributed by atoms with Gasteiger partial charge >= 0.3 is 0 Å². The Kier molecular flexibility index (Phi) is 4.47. The maximum atomic E-state index is 10.8. The number of aliphatic imine (C=N–C) groups is 1. The highest BCUT2D eigenvalue weighted by molar-refractivity contribution is 5.80. The van der Waals surface area contributed by atoms with Gasteiger partial charge in [0.15, 0.2) is 5.96 Å². The minimum atomic E-state index is -1.04. The van der Waals surface area contributed by atoms with Crippen molar-refractivity contribution < 1.29 is 9.84 Å². The topological polar surface area (TPSA) is 83.7 Å². The number of rotatable bonds is 5. The van der Waals surface area contributed by atoms with E-state index in [0.717, 1.165) is 31.1 Å². The second kappa shape index (κ2) is 6.53. The number of nitrogens with zero attached hydrogens (tertiary/aromatic N) is 3. The van der Waals surface area contributed by atoms with Gasteiger partial charge in [0, 0.05) is 49.3 Å². The SMILES string of the molecule is CCNC(=NCC(C)(O)c1cnn(C)c1)NC1C2CCOC2C12CCC2. The first-order valence-electron chi connectivity index (χ1n) is 9.84. The molecule has 144 valence electrons. The number of hydrogen-bond donors (Lipinski definition) is 3. The summed E-state index contributed by atoms with van der Waals surface area (Å²) in [6, 6.07) is 0.435. The Morgan fingerprint density at radius 1 is 1.54 bits per heavy atom. The highest BCUT2D eigenvalue weighted by Crippen LogP contribution is 2.62. The summed E-state index contributed by atoms with van der Waals surface area (Å²) >= 11 is 0. The molecular formula is C19H31N5O2. The first-order chi connectivity index (χ1) is 12.5. The van der Waals surface area contributed by atoms with Crippen LogP contribution >= 0.6 is 0 Å². The molecule has 0 aromatic carbocycles. The molecule has 2 heterocycles. The summed E-state index contributed by atoms with van der Waals surface area (Å²) < 4.78 is 7.71. The van der Waals surface area contributed by atoms with Gasteiger partial charge in [0.05, 0.1) is 18.8 Å². The Morgan fingerprint density at radius 3 is 2.96 bits per heavy atom. The average molecular weight is 361 g/mol. The van der Waals surface area contributed by atoms with Crippen molar-refractivity contribution >= 4 is 5.96 Å². The second-order valence-corrected chi connectivity index (χ2v) is 8.32. The zero-order valence-electron chi connectivity index (χ0n) is 16.0. The van der Waals surface area contributed by atoms with E-state index in [1.54, 1.807) is 17.8 Å². The quantitative estimate of drug-likeness (QED) is 0.541. The highest BCUT2D eigenvalue weighted by Gasteiger charge is 2.66. The van der Waals surface area contributed by atoms with Crippen molar-refractivity contribution in [2.45, 2.75) is 57.3 Å². The Hall–Kier alpha value is -1.60. The van der Waals surface area contributed by atoms with E-state index in [1.807, 2.05) is 13.2 Å². The van der Waals surface area contributed by atoms with E-state index in [0.29, 0.717) is 30.0 Å². The van der Waals surface area contributed by atoms with E-state index >= 15 is 0 Å². The van der Waals surface area contributed by atoms with Gasteiger partial charge in [0.1, 0.15) is 5.60 Å². The number of aromatic nitrogens is 2. The van der Waals surface area contributed by atoms with Gasteiger partial charge in [-0.25, -0.2) is 4.99 Å². The van der Waals surface area contributed by atoms with Gasteiger partial charge in [-0.15, -0.1) is 0 Å². The molecule has 0 radical (unpaired) electrons. The van der Waals surface area contributed by atoms with Crippen LogP contribution in [0.4, 0.5) is 0 Å². The minimum absolute atomic E-state index is 0.290. The molecule has 4 rings (SSSR count). The lowest BCUT2D eigenvalue weighted by Gasteiger charge is -2.63. The maximum absolute atomic E-state index is 10.8. The first-order valence-corrected chi connectivity index (χ1v) is 9.84. The van der Waals surface area contributed by atoms with Crippen LogP contribution in [0.3, 0.4) is 0 Å². The second-order valence-electron chi connectivity index (χ2n) is 8.32. The van der Waals surface area contributed by atoms with Crippen LogP contribution in [0.15, 0.2) is 17.4 Å². The molecule has 1 aromatic heterocycles. The average Bonchev–Trinajstić information content (AvgIpc) is 3.16. The smallest absolute Gasteiger partial charge is 0.191 e. The molecule has 3 N–H and O–H groups in total. The molecule has 4 atom stereocenters. The number of fused-ring (bicyclic) bond motifs is 2. The van der Waals surface area contributed by atoms with Crippen molar-refractivity contribution in [1.82, 2.24) is 20.4 Å². The van der Waals surface area contributed by atoms with Gasteiger partial charge in [-0.3, -0.25) is 4.68 Å². The van der Waals surface area contributed by atoms with Crippen molar-refractivity contribution in [2.75, 3.05) is 19.7 Å². The van der Waals surface area contributed by atoms with Crippen LogP contribution < -0.4 is 10.6 Å². The first kappa shape index (κ1) is 17.8. The third-order valence-corrected chi connectivity index (χ3v) is 6.54. The number of aliphatic hydroxyl groups is 1. The van der Waals surface area contributed by atoms with Gasteiger partial charge in [0.25, 0.3) is 0 Å². The molecular weight excluding hydrogens is 330 g/mol. The Labute approximate surface area is 155 Å². The third kappa shape index (κ3) is 2.81. The van der Waals surface area contributed by atoms with Crippen molar-refractivity contribution in [3.8, 4) is 0 Å². The predicted octanol–water partition coefficient (Wildman–Crippen LogP) is 1.14. The fraction of sp³-hybridized carbons (Fsp3) is 0.789. The minimum Gasteiger partial charge on any atom is -0.383 e. The van der Waals surface area contributed by atoms with E-state index in [-0.39, 0.29) is 0 Å². The van der Waals surface area contributed by atoms with E-state index in [2.05, 4.69) is 22.7 Å². The summed E-state index contributed by atoms with van der Waals surface area (Å²) in [6.07, 6.45) is 8.91. The fourth-order valence-corrected chi connectivity index (χ4v) is 4.95. The van der Waals surface area contributed by atoms with E-state index in [4.69, 9.17) is 9.73 Å². The molecule has 0 amide bonds. The van der Waals surface area contributed by atoms with E-state index in [1.165, 1.54) is 19.3 Å². The summed E-state index contributed by atoms with van der Waals surface area (Å²) in [5.41, 5.74) is 0.0510. The fourth-order valence-electron chi connectivity index (χ4n) is 4.95. The molecule has 4 unspecified atom stereocenters. The summed E-state index contributed by atoms with van der Waals surface area (Å²) in [7, 11) is 1.85. The molecule has 2 saturated carbocycles. The summed E-state index contributed by atoms with van der Waals surface area (Å²) in [5.74, 6) is 1.39. The molecule has 2 aliphatic carbocycles. The Balaban J connectivity index is 1.46. The summed E-state index contributed by atoms with van der Waals surface area (Å²) in [4.78, 5) is 4.70. The van der Waals surface area contributed by atoms with Crippen molar-refractivity contribution in [1.29, 1.82) is 0 Å². The third-order valence-electron chi connectivity index (χ3n) is 6.54. The van der Waals surface area contributed by atoms with Gasteiger partial charge in [-0.1, -0.05) is 6.42 Å². The van der Waals surface area contributed by atoms with Gasteiger partial charge in [0.2, 0.25) is 0 Å². The molecule has 1 spiro atoms. The van der Waals surface area contributed by atoms with Crippen LogP contribution in [0.2, 0.25) is 0 Å². The lowest BCUT2D eigenvalue weighted by Crippen LogP contribution is -2.72. The lowest BCUT2D eigenvalue weighted by atomic mass is 9.46. The standard InChI is InChI=1S/C19H31N5O2/c1-4-20-17(21-12-18(2,25)13-10-22-24(3)11-13)23-15-14-6-9-26-16(14)19(15)7-5-8-19/h10-11,14-16,25H,4-9,12H2,1-3H3,(H2,20,21,23). The number of aryl methyl sites for hydroxylation is 1. The highest BCUT2D eigenvalue weighted by atomic mass is 16.5. The normalized spacial score (nSPS) is 31.7. The van der Waals surface area contributed by atoms with Gasteiger partial charge < -0.3 is 20.5 Å². The van der Waals surface area contributed by atoms with Crippen molar-refractivity contribution in [2.24, 2.45) is 23.4 Å². The van der Waals surface area contributed by atoms with Gasteiger partial charge in [-0.05, 0) is 33.1 Å². The molecule has 1 saturated heterocycles. The van der Waals surface area contributed by atoms with Crippen LogP contribution in [0.5, 0.6) is 0 Å². The molecule has 3 fully saturated rings. The molecule has 1 aromatic rings. The lowest BCUT2D eigenvalue weighted by molar-refractivity contribution is -0.171. The largest absolute Gasteiger partial charge is 0.383 e. The molecule has 26 heavy (non-hydrogen) atoms. The molecule has 7 nitrogen and oxygen atoms in total. The summed E-state index contributed by atoms with van der Waals surface area (Å²) in [6.45, 7) is 5.83. The Bertz CT molecular complexity index is 679. The van der Waals surface area contributed by atoms with Crippen LogP contribution in [0.1, 0.15) is 45.1 Å². The molecule has 1 aliphatic heterocycles. The van der Waals surface area contributed by atoms with Crippen molar-refractivity contribution in [3.63, 3.8) is 0 Å². The molecule has 7 heteroatoms. The van der Waals surface area contributed by atoms with Gasteiger partial charge in [-0.2, -0.15) is 5.10 Å². The maximum Gasteiger partial charge on any atom is 0.191 e. The predicted molar refractivity (Wildman–Crippen MR) is 99.8 cm³/mol. The number of ether oxygens (including phenoxy) is 1. The number of hydrogen-bond acceptors (Lipinski definition) is 4. The van der Waals surface area contributed by atoms with Crippen LogP contribution in [0, 0.1) is 11.3 Å². The van der Waals surface area contributed by atoms with E-state index in [9.17, 15) is 5.11 Å². The zero-order chi connectivity index (χ0) is 18.4. The Morgan fingerprint density at radius 2 is 2.35 bits per heavy atom. The number of nitrogens with one attached hydrogen (secondary N) is 2. The van der Waals surface area contributed by atoms with Crippen LogP contribution in [-0.4, -0.2) is 52.7 Å². The van der Waals surface area contributed by atoms with Crippen LogP contribution in [0.25, 0.3) is 0 Å². The van der Waals surface area contributed by atoms with Crippen LogP contribution in [-0.2, 0) is 17.4 Å². The number of guanidine groups is 1. The van der Waals surface area contributed by atoms with E-state index < -0.39 is 5.60 Å². The monoisotopic (exact) mass is 361 g/mol.